The van der Waals surface area contributed by atoms with Crippen LogP contribution in [0.3, 0.4) is 0 Å². The monoisotopic (exact) mass is 228 g/mol. The number of amides is 1. The highest BCUT2D eigenvalue weighted by Crippen LogP contribution is 2.05. The number of rotatable bonds is 7. The van der Waals surface area contributed by atoms with E-state index in [9.17, 15) is 4.79 Å². The quantitative estimate of drug-likeness (QED) is 0.661. The Kier molecular flexibility index (Phi) is 6.42. The standard InChI is InChI=1S/C12H24N2O2/c1-3-13-11(2)6-4-5-7-14-8-9-16-10-12(14)15/h11,13H,3-10H2,1-2H3. The lowest BCUT2D eigenvalue weighted by atomic mass is 10.1. The van der Waals surface area contributed by atoms with Gasteiger partial charge in [-0.1, -0.05) is 13.3 Å². The van der Waals surface area contributed by atoms with Crippen LogP contribution in [0.1, 0.15) is 33.1 Å². The van der Waals surface area contributed by atoms with E-state index in [1.54, 1.807) is 0 Å². The normalized spacial score (nSPS) is 18.9. The Labute approximate surface area is 98.3 Å². The number of nitrogens with zero attached hydrogens (tertiary/aromatic N) is 1. The number of carbonyl (C=O) groups is 1. The molecule has 1 heterocycles. The molecule has 0 aromatic rings. The second kappa shape index (κ2) is 7.63. The summed E-state index contributed by atoms with van der Waals surface area (Å²) in [5, 5.41) is 3.39. The van der Waals surface area contributed by atoms with Crippen molar-refractivity contribution in [2.45, 2.75) is 39.2 Å². The molecule has 0 bridgehead atoms. The highest BCUT2D eigenvalue weighted by molar-refractivity contribution is 5.77. The van der Waals surface area contributed by atoms with Gasteiger partial charge in [-0.2, -0.15) is 0 Å². The molecule has 94 valence electrons. The van der Waals surface area contributed by atoms with Crippen LogP contribution in [0.2, 0.25) is 0 Å². The van der Waals surface area contributed by atoms with Gasteiger partial charge in [0.1, 0.15) is 6.61 Å². The maximum Gasteiger partial charge on any atom is 0.248 e. The van der Waals surface area contributed by atoms with Gasteiger partial charge in [0, 0.05) is 19.1 Å². The molecule has 16 heavy (non-hydrogen) atoms. The van der Waals surface area contributed by atoms with Gasteiger partial charge in [-0.25, -0.2) is 0 Å². The predicted molar refractivity (Wildman–Crippen MR) is 64.4 cm³/mol. The fourth-order valence-electron chi connectivity index (χ4n) is 1.99. The van der Waals surface area contributed by atoms with Crippen LogP contribution in [0.4, 0.5) is 0 Å². The lowest BCUT2D eigenvalue weighted by molar-refractivity contribution is -0.142. The van der Waals surface area contributed by atoms with Crippen molar-refractivity contribution < 1.29 is 9.53 Å². The van der Waals surface area contributed by atoms with E-state index in [0.29, 0.717) is 12.6 Å². The summed E-state index contributed by atoms with van der Waals surface area (Å²) in [5.74, 6) is 0.144. The molecule has 1 N–H and O–H groups in total. The molecule has 1 aliphatic heterocycles. The molecular formula is C12H24N2O2. The van der Waals surface area contributed by atoms with Crippen molar-refractivity contribution in [3.63, 3.8) is 0 Å². The maximum atomic E-state index is 11.4. The van der Waals surface area contributed by atoms with Crippen molar-refractivity contribution in [2.75, 3.05) is 32.8 Å². The third-order valence-electron chi connectivity index (χ3n) is 2.95. The molecular weight excluding hydrogens is 204 g/mol. The number of carbonyl (C=O) groups excluding carboxylic acids is 1. The van der Waals surface area contributed by atoms with Gasteiger partial charge in [-0.15, -0.1) is 0 Å². The van der Waals surface area contributed by atoms with Gasteiger partial charge in [0.25, 0.3) is 0 Å². The minimum atomic E-state index is 0.144. The van der Waals surface area contributed by atoms with Crippen molar-refractivity contribution in [1.29, 1.82) is 0 Å². The lowest BCUT2D eigenvalue weighted by Gasteiger charge is -2.26. The van der Waals surface area contributed by atoms with Crippen LogP contribution in [-0.4, -0.2) is 49.7 Å². The molecule has 1 atom stereocenters. The second-order valence-electron chi connectivity index (χ2n) is 4.39. The molecule has 4 nitrogen and oxygen atoms in total. The summed E-state index contributed by atoms with van der Waals surface area (Å²) in [5.41, 5.74) is 0. The molecule has 1 saturated heterocycles. The molecule has 0 aromatic heterocycles. The summed E-state index contributed by atoms with van der Waals surface area (Å²) in [4.78, 5) is 13.3. The van der Waals surface area contributed by atoms with Crippen LogP contribution in [0.5, 0.6) is 0 Å². The topological polar surface area (TPSA) is 41.6 Å². The molecule has 1 fully saturated rings. The van der Waals surface area contributed by atoms with Gasteiger partial charge in [0.05, 0.1) is 6.61 Å². The first kappa shape index (κ1) is 13.5. The van der Waals surface area contributed by atoms with Crippen molar-refractivity contribution in [3.8, 4) is 0 Å². The first-order chi connectivity index (χ1) is 7.74. The Morgan fingerprint density at radius 3 is 3.00 bits per heavy atom. The van der Waals surface area contributed by atoms with Crippen molar-refractivity contribution >= 4 is 5.91 Å². The van der Waals surface area contributed by atoms with Gasteiger partial charge >= 0.3 is 0 Å². The first-order valence-corrected chi connectivity index (χ1v) is 6.33. The van der Waals surface area contributed by atoms with Gasteiger partial charge in [0.15, 0.2) is 0 Å². The van der Waals surface area contributed by atoms with E-state index in [-0.39, 0.29) is 12.5 Å². The van der Waals surface area contributed by atoms with E-state index in [1.165, 1.54) is 12.8 Å². The Morgan fingerprint density at radius 1 is 1.50 bits per heavy atom. The minimum absolute atomic E-state index is 0.144. The zero-order chi connectivity index (χ0) is 11.8. The number of unbranched alkanes of at least 4 members (excludes halogenated alkanes) is 1. The summed E-state index contributed by atoms with van der Waals surface area (Å²) in [6.45, 7) is 7.99. The second-order valence-corrected chi connectivity index (χ2v) is 4.39. The van der Waals surface area contributed by atoms with E-state index in [4.69, 9.17) is 4.74 Å². The molecule has 1 amide bonds. The van der Waals surface area contributed by atoms with Crippen molar-refractivity contribution in [2.24, 2.45) is 0 Å². The maximum absolute atomic E-state index is 11.4. The van der Waals surface area contributed by atoms with E-state index in [1.807, 2.05) is 4.90 Å². The number of nitrogens with one attached hydrogen (secondary N) is 1. The molecule has 1 unspecified atom stereocenters. The molecule has 0 aliphatic carbocycles. The van der Waals surface area contributed by atoms with Gasteiger partial charge in [-0.05, 0) is 26.3 Å². The van der Waals surface area contributed by atoms with E-state index in [0.717, 1.165) is 26.1 Å². The highest BCUT2D eigenvalue weighted by Gasteiger charge is 2.17. The van der Waals surface area contributed by atoms with E-state index < -0.39 is 0 Å². The van der Waals surface area contributed by atoms with Crippen LogP contribution in [0.15, 0.2) is 0 Å². The van der Waals surface area contributed by atoms with Crippen LogP contribution in [-0.2, 0) is 9.53 Å². The average Bonchev–Trinajstić information content (AvgIpc) is 2.27. The smallest absolute Gasteiger partial charge is 0.248 e. The fraction of sp³-hybridized carbons (Fsp3) is 0.917. The largest absolute Gasteiger partial charge is 0.370 e. The summed E-state index contributed by atoms with van der Waals surface area (Å²) in [7, 11) is 0. The molecule has 0 saturated carbocycles. The number of morpholine rings is 1. The third-order valence-corrected chi connectivity index (χ3v) is 2.95. The predicted octanol–water partition coefficient (Wildman–Crippen LogP) is 1.01. The molecule has 0 spiro atoms. The molecule has 4 heteroatoms. The zero-order valence-corrected chi connectivity index (χ0v) is 10.5. The average molecular weight is 228 g/mol. The van der Waals surface area contributed by atoms with Crippen LogP contribution < -0.4 is 5.32 Å². The highest BCUT2D eigenvalue weighted by atomic mass is 16.5. The fourth-order valence-corrected chi connectivity index (χ4v) is 1.99. The SMILES string of the molecule is CCNC(C)CCCCN1CCOCC1=O. The Balaban J connectivity index is 2.03. The number of ether oxygens (including phenoxy) is 1. The number of hydrogen-bond donors (Lipinski definition) is 1. The summed E-state index contributed by atoms with van der Waals surface area (Å²) < 4.78 is 5.09. The molecule has 1 aliphatic rings. The summed E-state index contributed by atoms with van der Waals surface area (Å²) >= 11 is 0. The number of hydrogen-bond acceptors (Lipinski definition) is 3. The Hall–Kier alpha value is -0.610. The molecule has 0 radical (unpaired) electrons. The Bertz CT molecular complexity index is 209. The van der Waals surface area contributed by atoms with Crippen LogP contribution in [0.25, 0.3) is 0 Å². The van der Waals surface area contributed by atoms with Crippen LogP contribution in [0, 0.1) is 0 Å². The van der Waals surface area contributed by atoms with Gasteiger partial charge < -0.3 is 15.0 Å². The lowest BCUT2D eigenvalue weighted by Crippen LogP contribution is -2.42. The zero-order valence-electron chi connectivity index (χ0n) is 10.5. The van der Waals surface area contributed by atoms with E-state index in [2.05, 4.69) is 19.2 Å². The minimum Gasteiger partial charge on any atom is -0.370 e. The summed E-state index contributed by atoms with van der Waals surface area (Å²) in [6, 6.07) is 0.588. The third kappa shape index (κ3) is 4.94. The Morgan fingerprint density at radius 2 is 2.31 bits per heavy atom. The van der Waals surface area contributed by atoms with Crippen LogP contribution >= 0.6 is 0 Å². The van der Waals surface area contributed by atoms with Crippen molar-refractivity contribution in [3.05, 3.63) is 0 Å². The van der Waals surface area contributed by atoms with Gasteiger partial charge in [0.2, 0.25) is 5.91 Å². The molecule has 1 rings (SSSR count). The van der Waals surface area contributed by atoms with Crippen molar-refractivity contribution in [1.82, 2.24) is 10.2 Å². The summed E-state index contributed by atoms with van der Waals surface area (Å²) in [6.07, 6.45) is 3.46. The first-order valence-electron chi connectivity index (χ1n) is 6.33. The van der Waals surface area contributed by atoms with E-state index >= 15 is 0 Å². The van der Waals surface area contributed by atoms with Gasteiger partial charge in [-0.3, -0.25) is 4.79 Å². The molecule has 0 aromatic carbocycles.